The van der Waals surface area contributed by atoms with Crippen molar-refractivity contribution in [2.75, 3.05) is 33.0 Å². The molecule has 0 amide bonds. The van der Waals surface area contributed by atoms with Crippen LogP contribution in [0, 0.1) is 0 Å². The van der Waals surface area contributed by atoms with Gasteiger partial charge in [0.15, 0.2) is 0 Å². The lowest BCUT2D eigenvalue weighted by atomic mass is 10.4. The fraction of sp³-hybridized carbons (Fsp3) is 0.714. The second-order valence-electron chi connectivity index (χ2n) is 3.71. The largest absolute Gasteiger partial charge is 0.379 e. The van der Waals surface area contributed by atoms with Gasteiger partial charge in [0.1, 0.15) is 6.10 Å². The molecular formula is C14H26O3. The summed E-state index contributed by atoms with van der Waals surface area (Å²) >= 11 is 0. The van der Waals surface area contributed by atoms with Gasteiger partial charge in [0, 0.05) is 6.61 Å². The Morgan fingerprint density at radius 1 is 0.941 bits per heavy atom. The maximum absolute atomic E-state index is 5.65. The Bertz CT molecular complexity index is 200. The molecule has 0 fully saturated rings. The van der Waals surface area contributed by atoms with Crippen molar-refractivity contribution in [1.29, 1.82) is 0 Å². The van der Waals surface area contributed by atoms with Crippen LogP contribution in [0.5, 0.6) is 0 Å². The molecule has 0 aromatic heterocycles. The minimum atomic E-state index is 0.0167. The third-order valence-corrected chi connectivity index (χ3v) is 2.07. The Kier molecular flexibility index (Phi) is 12.9. The number of allylic oxidation sites excluding steroid dienone is 2. The molecule has 0 N–H and O–H groups in total. The van der Waals surface area contributed by atoms with Crippen LogP contribution >= 0.6 is 0 Å². The molecule has 0 aliphatic rings. The number of hydrogen-bond acceptors (Lipinski definition) is 3. The third-order valence-electron chi connectivity index (χ3n) is 2.07. The van der Waals surface area contributed by atoms with Crippen LogP contribution in [0.4, 0.5) is 0 Å². The fourth-order valence-electron chi connectivity index (χ4n) is 1.16. The average molecular weight is 242 g/mol. The maximum atomic E-state index is 5.65. The van der Waals surface area contributed by atoms with E-state index in [0.29, 0.717) is 26.4 Å². The third kappa shape index (κ3) is 11.6. The molecule has 3 heteroatoms. The van der Waals surface area contributed by atoms with E-state index in [1.807, 2.05) is 38.2 Å². The highest BCUT2D eigenvalue weighted by molar-refractivity contribution is 4.78. The zero-order valence-corrected chi connectivity index (χ0v) is 11.4. The summed E-state index contributed by atoms with van der Waals surface area (Å²) in [6, 6.07) is 0. The summed E-state index contributed by atoms with van der Waals surface area (Å²) in [5, 5.41) is 0. The lowest BCUT2D eigenvalue weighted by Crippen LogP contribution is -2.26. The summed E-state index contributed by atoms with van der Waals surface area (Å²) in [6.45, 7) is 9.25. The van der Waals surface area contributed by atoms with Crippen LogP contribution in [0.3, 0.4) is 0 Å². The highest BCUT2D eigenvalue weighted by Gasteiger charge is 2.08. The van der Waals surface area contributed by atoms with E-state index < -0.39 is 0 Å². The first-order valence-corrected chi connectivity index (χ1v) is 6.34. The van der Waals surface area contributed by atoms with E-state index in [9.17, 15) is 0 Å². The van der Waals surface area contributed by atoms with Gasteiger partial charge in [-0.15, -0.1) is 0 Å². The molecule has 0 heterocycles. The molecule has 1 atom stereocenters. The topological polar surface area (TPSA) is 27.7 Å². The molecule has 0 aliphatic carbocycles. The summed E-state index contributed by atoms with van der Waals surface area (Å²) in [5.41, 5.74) is 0. The molecule has 1 unspecified atom stereocenters. The first-order valence-electron chi connectivity index (χ1n) is 6.34. The Labute approximate surface area is 105 Å². The van der Waals surface area contributed by atoms with Gasteiger partial charge in [-0.25, -0.2) is 0 Å². The normalized spacial score (nSPS) is 13.8. The predicted octanol–water partition coefficient (Wildman–Crippen LogP) is 2.97. The SMILES string of the molecule is C/C=C\COCC(COCCC)OC/C=C\C. The Hall–Kier alpha value is -0.640. The van der Waals surface area contributed by atoms with Gasteiger partial charge in [0.05, 0.1) is 26.4 Å². The van der Waals surface area contributed by atoms with Gasteiger partial charge in [-0.05, 0) is 20.3 Å². The molecule has 0 saturated carbocycles. The van der Waals surface area contributed by atoms with Gasteiger partial charge in [-0.2, -0.15) is 0 Å². The summed E-state index contributed by atoms with van der Waals surface area (Å²) in [4.78, 5) is 0. The first kappa shape index (κ1) is 16.4. The van der Waals surface area contributed by atoms with Crippen molar-refractivity contribution >= 4 is 0 Å². The van der Waals surface area contributed by atoms with E-state index in [4.69, 9.17) is 14.2 Å². The molecule has 0 aromatic rings. The monoisotopic (exact) mass is 242 g/mol. The van der Waals surface area contributed by atoms with E-state index in [-0.39, 0.29) is 6.10 Å². The number of ether oxygens (including phenoxy) is 3. The Morgan fingerprint density at radius 3 is 2.24 bits per heavy atom. The van der Waals surface area contributed by atoms with Gasteiger partial charge in [0.25, 0.3) is 0 Å². The predicted molar refractivity (Wildman–Crippen MR) is 71.3 cm³/mol. The molecular weight excluding hydrogens is 216 g/mol. The van der Waals surface area contributed by atoms with Crippen molar-refractivity contribution in [3.8, 4) is 0 Å². The summed E-state index contributed by atoms with van der Waals surface area (Å²) in [5.74, 6) is 0. The van der Waals surface area contributed by atoms with Crippen LogP contribution in [-0.2, 0) is 14.2 Å². The van der Waals surface area contributed by atoms with Crippen molar-refractivity contribution in [3.05, 3.63) is 24.3 Å². The smallest absolute Gasteiger partial charge is 0.105 e. The minimum Gasteiger partial charge on any atom is -0.379 e. The van der Waals surface area contributed by atoms with Crippen LogP contribution in [0.2, 0.25) is 0 Å². The number of rotatable bonds is 11. The van der Waals surface area contributed by atoms with E-state index in [1.165, 1.54) is 0 Å². The van der Waals surface area contributed by atoms with Crippen LogP contribution in [0.1, 0.15) is 27.2 Å². The Balaban J connectivity index is 3.74. The van der Waals surface area contributed by atoms with Gasteiger partial charge in [-0.1, -0.05) is 31.2 Å². The van der Waals surface area contributed by atoms with Crippen molar-refractivity contribution in [2.24, 2.45) is 0 Å². The van der Waals surface area contributed by atoms with E-state index in [0.717, 1.165) is 13.0 Å². The van der Waals surface area contributed by atoms with Gasteiger partial charge in [0.2, 0.25) is 0 Å². The summed E-state index contributed by atoms with van der Waals surface area (Å²) < 4.78 is 16.6. The zero-order chi connectivity index (χ0) is 12.8. The van der Waals surface area contributed by atoms with E-state index in [2.05, 4.69) is 6.92 Å². The molecule has 0 saturated heterocycles. The average Bonchev–Trinajstić information content (AvgIpc) is 2.34. The zero-order valence-electron chi connectivity index (χ0n) is 11.4. The van der Waals surface area contributed by atoms with Gasteiger partial charge >= 0.3 is 0 Å². The maximum Gasteiger partial charge on any atom is 0.105 e. The Morgan fingerprint density at radius 2 is 1.59 bits per heavy atom. The summed E-state index contributed by atoms with van der Waals surface area (Å²) in [7, 11) is 0. The van der Waals surface area contributed by atoms with Crippen LogP contribution in [0.25, 0.3) is 0 Å². The molecule has 0 aromatic carbocycles. The molecule has 0 radical (unpaired) electrons. The molecule has 3 nitrogen and oxygen atoms in total. The summed E-state index contributed by atoms with van der Waals surface area (Å²) in [6.07, 6.45) is 8.96. The van der Waals surface area contributed by atoms with E-state index >= 15 is 0 Å². The molecule has 0 rings (SSSR count). The molecule has 100 valence electrons. The van der Waals surface area contributed by atoms with Crippen LogP contribution in [0.15, 0.2) is 24.3 Å². The minimum absolute atomic E-state index is 0.0167. The first-order chi connectivity index (χ1) is 8.35. The van der Waals surface area contributed by atoms with Crippen molar-refractivity contribution in [2.45, 2.75) is 33.3 Å². The standard InChI is InChI=1S/C14H26O3/c1-4-7-10-16-13-14(12-15-9-6-3)17-11-8-5-2/h4-5,7-8,14H,6,9-13H2,1-3H3/b7-4-,8-5-. The second kappa shape index (κ2) is 13.4. The lowest BCUT2D eigenvalue weighted by molar-refractivity contribution is -0.0473. The quantitative estimate of drug-likeness (QED) is 0.412. The van der Waals surface area contributed by atoms with E-state index in [1.54, 1.807) is 0 Å². The van der Waals surface area contributed by atoms with Gasteiger partial charge < -0.3 is 14.2 Å². The molecule has 0 aliphatic heterocycles. The van der Waals surface area contributed by atoms with Crippen molar-refractivity contribution in [1.82, 2.24) is 0 Å². The molecule has 0 spiro atoms. The number of hydrogen-bond donors (Lipinski definition) is 0. The van der Waals surface area contributed by atoms with Gasteiger partial charge in [-0.3, -0.25) is 0 Å². The fourth-order valence-corrected chi connectivity index (χ4v) is 1.16. The lowest BCUT2D eigenvalue weighted by Gasteiger charge is -2.16. The van der Waals surface area contributed by atoms with Crippen LogP contribution < -0.4 is 0 Å². The second-order valence-corrected chi connectivity index (χ2v) is 3.71. The van der Waals surface area contributed by atoms with Crippen molar-refractivity contribution in [3.63, 3.8) is 0 Å². The van der Waals surface area contributed by atoms with Crippen LogP contribution in [-0.4, -0.2) is 39.1 Å². The van der Waals surface area contributed by atoms with Crippen molar-refractivity contribution < 1.29 is 14.2 Å². The highest BCUT2D eigenvalue weighted by Crippen LogP contribution is 1.97. The highest BCUT2D eigenvalue weighted by atomic mass is 16.6. The molecule has 17 heavy (non-hydrogen) atoms. The molecule has 0 bridgehead atoms.